The molecule has 0 amide bonds. The Labute approximate surface area is 135 Å². The van der Waals surface area contributed by atoms with Gasteiger partial charge in [-0.25, -0.2) is 12.8 Å². The van der Waals surface area contributed by atoms with E-state index >= 15 is 0 Å². The first-order valence-corrected chi connectivity index (χ1v) is 8.05. The highest BCUT2D eigenvalue weighted by Gasteiger charge is 2.17. The van der Waals surface area contributed by atoms with Crippen molar-refractivity contribution >= 4 is 56.2 Å². The molecule has 0 atom stereocenters. The maximum absolute atomic E-state index is 13.3. The standard InChI is InChI=1S/C12H8Cl3FN2O2S/c13-8-2-1-7(5-11(8)17)21(19,20)18-6-3-9(14)12(16)10(15)4-6/h1-5,18H,17H2. The molecular weight excluding hydrogens is 362 g/mol. The number of hydrogen-bond acceptors (Lipinski definition) is 3. The molecule has 0 aromatic heterocycles. The number of nitrogen functional groups attached to an aromatic ring is 1. The van der Waals surface area contributed by atoms with E-state index in [1.807, 2.05) is 0 Å². The summed E-state index contributed by atoms with van der Waals surface area (Å²) in [6, 6.07) is 6.07. The second-order valence-corrected chi connectivity index (χ2v) is 6.95. The Kier molecular flexibility index (Phi) is 4.53. The predicted octanol–water partition coefficient (Wildman–Crippen LogP) is 4.17. The van der Waals surface area contributed by atoms with Crippen molar-refractivity contribution in [2.75, 3.05) is 10.5 Å². The SMILES string of the molecule is Nc1cc(S(=O)(=O)Nc2cc(Cl)c(F)c(Cl)c2)ccc1Cl. The molecule has 0 fully saturated rings. The quantitative estimate of drug-likeness (QED) is 0.630. The third kappa shape index (κ3) is 3.52. The lowest BCUT2D eigenvalue weighted by molar-refractivity contribution is 0.601. The molecule has 2 aromatic carbocycles. The zero-order valence-electron chi connectivity index (χ0n) is 10.2. The first-order chi connectivity index (χ1) is 9.70. The van der Waals surface area contributed by atoms with Crippen LogP contribution in [0.25, 0.3) is 0 Å². The maximum atomic E-state index is 13.3. The fourth-order valence-corrected chi connectivity index (χ4v) is 3.20. The van der Waals surface area contributed by atoms with E-state index in [1.54, 1.807) is 0 Å². The Morgan fingerprint density at radius 1 is 1.00 bits per heavy atom. The molecular formula is C12H8Cl3FN2O2S. The summed E-state index contributed by atoms with van der Waals surface area (Å²) in [6.45, 7) is 0. The minimum atomic E-state index is -3.93. The first-order valence-electron chi connectivity index (χ1n) is 5.43. The van der Waals surface area contributed by atoms with Crippen LogP contribution in [-0.4, -0.2) is 8.42 Å². The number of rotatable bonds is 3. The van der Waals surface area contributed by atoms with Crippen molar-refractivity contribution in [2.45, 2.75) is 4.90 Å². The summed E-state index contributed by atoms with van der Waals surface area (Å²) >= 11 is 16.9. The Bertz CT molecular complexity index is 789. The van der Waals surface area contributed by atoms with Gasteiger partial charge in [-0.05, 0) is 30.3 Å². The summed E-state index contributed by atoms with van der Waals surface area (Å²) in [5, 5.41) is -0.353. The van der Waals surface area contributed by atoms with Crippen LogP contribution in [-0.2, 0) is 10.0 Å². The molecule has 0 saturated carbocycles. The lowest BCUT2D eigenvalue weighted by Gasteiger charge is -2.10. The number of benzene rings is 2. The molecule has 9 heteroatoms. The molecule has 0 unspecified atom stereocenters. The number of nitrogens with one attached hydrogen (secondary N) is 1. The van der Waals surface area contributed by atoms with Crippen LogP contribution in [0.4, 0.5) is 15.8 Å². The lowest BCUT2D eigenvalue weighted by atomic mass is 10.3. The minimum Gasteiger partial charge on any atom is -0.397 e. The molecule has 0 aliphatic heterocycles. The molecule has 0 radical (unpaired) electrons. The van der Waals surface area contributed by atoms with Gasteiger partial charge in [-0.2, -0.15) is 0 Å². The number of hydrogen-bond donors (Lipinski definition) is 2. The Hall–Kier alpha value is -1.21. The van der Waals surface area contributed by atoms with E-state index in [-0.39, 0.29) is 31.3 Å². The summed E-state index contributed by atoms with van der Waals surface area (Å²) in [5.41, 5.74) is 5.71. The fraction of sp³-hybridized carbons (Fsp3) is 0. The van der Waals surface area contributed by atoms with Gasteiger partial charge in [0.2, 0.25) is 0 Å². The molecule has 21 heavy (non-hydrogen) atoms. The van der Waals surface area contributed by atoms with Gasteiger partial charge in [-0.1, -0.05) is 34.8 Å². The third-order valence-electron chi connectivity index (χ3n) is 2.51. The van der Waals surface area contributed by atoms with Crippen LogP contribution < -0.4 is 10.5 Å². The molecule has 0 heterocycles. The van der Waals surface area contributed by atoms with Gasteiger partial charge in [-0.3, -0.25) is 4.72 Å². The maximum Gasteiger partial charge on any atom is 0.261 e. The van der Waals surface area contributed by atoms with Crippen molar-refractivity contribution in [3.8, 4) is 0 Å². The molecule has 0 saturated heterocycles. The topological polar surface area (TPSA) is 72.2 Å². The van der Waals surface area contributed by atoms with Gasteiger partial charge in [0, 0.05) is 0 Å². The van der Waals surface area contributed by atoms with Gasteiger partial charge >= 0.3 is 0 Å². The van der Waals surface area contributed by atoms with E-state index in [1.165, 1.54) is 18.2 Å². The number of anilines is 2. The number of nitrogens with two attached hydrogens (primary N) is 1. The van der Waals surface area contributed by atoms with E-state index in [0.717, 1.165) is 12.1 Å². The molecule has 0 bridgehead atoms. The van der Waals surface area contributed by atoms with Crippen LogP contribution in [0, 0.1) is 5.82 Å². The van der Waals surface area contributed by atoms with E-state index in [9.17, 15) is 12.8 Å². The molecule has 3 N–H and O–H groups in total. The van der Waals surface area contributed by atoms with E-state index in [2.05, 4.69) is 4.72 Å². The van der Waals surface area contributed by atoms with Crippen molar-refractivity contribution in [3.63, 3.8) is 0 Å². The van der Waals surface area contributed by atoms with Gasteiger partial charge in [0.1, 0.15) is 0 Å². The van der Waals surface area contributed by atoms with Gasteiger partial charge in [0.25, 0.3) is 10.0 Å². The summed E-state index contributed by atoms with van der Waals surface area (Å²) in [5.74, 6) is -0.822. The Morgan fingerprint density at radius 3 is 2.10 bits per heavy atom. The Balaban J connectivity index is 2.39. The van der Waals surface area contributed by atoms with Crippen molar-refractivity contribution in [1.82, 2.24) is 0 Å². The van der Waals surface area contributed by atoms with Crippen molar-refractivity contribution < 1.29 is 12.8 Å². The molecule has 0 spiro atoms. The van der Waals surface area contributed by atoms with Crippen LogP contribution in [0.15, 0.2) is 35.2 Å². The smallest absolute Gasteiger partial charge is 0.261 e. The van der Waals surface area contributed by atoms with Crippen molar-refractivity contribution in [3.05, 3.63) is 51.2 Å². The molecule has 4 nitrogen and oxygen atoms in total. The second kappa shape index (κ2) is 5.88. The highest BCUT2D eigenvalue weighted by atomic mass is 35.5. The highest BCUT2D eigenvalue weighted by Crippen LogP contribution is 2.29. The van der Waals surface area contributed by atoms with Gasteiger partial charge in [0.05, 0.1) is 31.3 Å². The van der Waals surface area contributed by atoms with Gasteiger partial charge < -0.3 is 5.73 Å². The van der Waals surface area contributed by atoms with Crippen LogP contribution in [0.2, 0.25) is 15.1 Å². The van der Waals surface area contributed by atoms with E-state index < -0.39 is 15.8 Å². The molecule has 0 aliphatic carbocycles. The van der Waals surface area contributed by atoms with E-state index in [4.69, 9.17) is 40.5 Å². The monoisotopic (exact) mass is 368 g/mol. The van der Waals surface area contributed by atoms with Gasteiger partial charge in [0.15, 0.2) is 5.82 Å². The van der Waals surface area contributed by atoms with E-state index in [0.29, 0.717) is 0 Å². The third-order valence-corrected chi connectivity index (χ3v) is 4.79. The molecule has 2 rings (SSSR count). The lowest BCUT2D eigenvalue weighted by Crippen LogP contribution is -2.13. The molecule has 0 aliphatic rings. The fourth-order valence-electron chi connectivity index (χ4n) is 1.52. The van der Waals surface area contributed by atoms with Crippen LogP contribution in [0.3, 0.4) is 0 Å². The normalized spacial score (nSPS) is 11.4. The summed E-state index contributed by atoms with van der Waals surface area (Å²) < 4.78 is 39.9. The first kappa shape index (κ1) is 16.2. The largest absolute Gasteiger partial charge is 0.397 e. The van der Waals surface area contributed by atoms with Crippen LogP contribution >= 0.6 is 34.8 Å². The molecule has 112 valence electrons. The van der Waals surface area contributed by atoms with Gasteiger partial charge in [-0.15, -0.1) is 0 Å². The van der Waals surface area contributed by atoms with Crippen LogP contribution in [0.1, 0.15) is 0 Å². The summed E-state index contributed by atoms with van der Waals surface area (Å²) in [4.78, 5) is -0.0963. The zero-order chi connectivity index (χ0) is 15.8. The number of sulfonamides is 1. The summed E-state index contributed by atoms with van der Waals surface area (Å²) in [6.07, 6.45) is 0. The highest BCUT2D eigenvalue weighted by molar-refractivity contribution is 7.92. The Morgan fingerprint density at radius 2 is 1.57 bits per heavy atom. The van der Waals surface area contributed by atoms with Crippen molar-refractivity contribution in [1.29, 1.82) is 0 Å². The van der Waals surface area contributed by atoms with Crippen molar-refractivity contribution in [2.24, 2.45) is 0 Å². The van der Waals surface area contributed by atoms with Crippen LogP contribution in [0.5, 0.6) is 0 Å². The number of halogens is 4. The summed E-state index contributed by atoms with van der Waals surface area (Å²) in [7, 11) is -3.93. The predicted molar refractivity (Wildman–Crippen MR) is 83.1 cm³/mol. The zero-order valence-corrected chi connectivity index (χ0v) is 13.3. The molecule has 2 aromatic rings. The second-order valence-electron chi connectivity index (χ2n) is 4.04. The average Bonchev–Trinajstić information content (AvgIpc) is 2.38. The average molecular weight is 370 g/mol. The minimum absolute atomic E-state index is 0.0277.